The lowest BCUT2D eigenvalue weighted by atomic mass is 10.2. The fourth-order valence-corrected chi connectivity index (χ4v) is 2.77. The van der Waals surface area contributed by atoms with Crippen LogP contribution in [0.15, 0.2) is 41.2 Å². The standard InChI is InChI=1S/C17H12Cl2FN3O2/c1-2-23-14-6-3-9(18)7-11(14)16(24)15(22-23)17(25)21-10-4-5-13(20)12(19)8-10/h3-8H,2H2,1H3,(H,21,25). The van der Waals surface area contributed by atoms with Gasteiger partial charge in [-0.15, -0.1) is 0 Å². The van der Waals surface area contributed by atoms with Crippen LogP contribution in [0.3, 0.4) is 0 Å². The summed E-state index contributed by atoms with van der Waals surface area (Å²) in [6.07, 6.45) is 0. The molecule has 0 radical (unpaired) electrons. The largest absolute Gasteiger partial charge is 0.320 e. The van der Waals surface area contributed by atoms with Gasteiger partial charge in [-0.25, -0.2) is 4.39 Å². The number of aromatic nitrogens is 2. The molecule has 0 saturated heterocycles. The summed E-state index contributed by atoms with van der Waals surface area (Å²) in [6, 6.07) is 8.54. The predicted molar refractivity (Wildman–Crippen MR) is 96.1 cm³/mol. The van der Waals surface area contributed by atoms with E-state index < -0.39 is 17.2 Å². The lowest BCUT2D eigenvalue weighted by Gasteiger charge is -2.11. The van der Waals surface area contributed by atoms with E-state index in [2.05, 4.69) is 10.4 Å². The van der Waals surface area contributed by atoms with E-state index in [1.54, 1.807) is 16.8 Å². The number of hydrogen-bond acceptors (Lipinski definition) is 3. The minimum atomic E-state index is -0.711. The third-order valence-corrected chi connectivity index (χ3v) is 4.13. The molecule has 0 bridgehead atoms. The third kappa shape index (κ3) is 3.36. The van der Waals surface area contributed by atoms with E-state index in [9.17, 15) is 14.0 Å². The Labute approximate surface area is 152 Å². The number of nitrogens with one attached hydrogen (secondary N) is 1. The van der Waals surface area contributed by atoms with Crippen molar-refractivity contribution >= 4 is 45.7 Å². The van der Waals surface area contributed by atoms with Gasteiger partial charge in [0.25, 0.3) is 5.91 Å². The Morgan fingerprint density at radius 3 is 2.68 bits per heavy atom. The molecule has 25 heavy (non-hydrogen) atoms. The van der Waals surface area contributed by atoms with Crippen LogP contribution in [0.25, 0.3) is 10.9 Å². The van der Waals surface area contributed by atoms with Gasteiger partial charge in [0, 0.05) is 17.3 Å². The Kier molecular flexibility index (Phi) is 4.74. The number of benzene rings is 2. The average molecular weight is 380 g/mol. The average Bonchev–Trinajstić information content (AvgIpc) is 2.59. The van der Waals surface area contributed by atoms with Gasteiger partial charge in [-0.05, 0) is 43.3 Å². The minimum absolute atomic E-state index is 0.137. The second-order valence-corrected chi connectivity index (χ2v) is 6.08. The molecule has 0 aliphatic heterocycles. The van der Waals surface area contributed by atoms with Gasteiger partial charge in [-0.1, -0.05) is 23.2 Å². The third-order valence-electron chi connectivity index (χ3n) is 3.61. The Morgan fingerprint density at radius 2 is 2.00 bits per heavy atom. The van der Waals surface area contributed by atoms with Crippen molar-refractivity contribution in [3.8, 4) is 0 Å². The van der Waals surface area contributed by atoms with Gasteiger partial charge in [0.15, 0.2) is 5.69 Å². The van der Waals surface area contributed by atoms with Gasteiger partial charge in [-0.2, -0.15) is 5.10 Å². The van der Waals surface area contributed by atoms with Gasteiger partial charge in [0.05, 0.1) is 15.9 Å². The van der Waals surface area contributed by atoms with E-state index in [1.165, 1.54) is 18.2 Å². The molecule has 1 heterocycles. The molecule has 0 spiro atoms. The molecule has 3 aromatic rings. The van der Waals surface area contributed by atoms with Crippen LogP contribution in [-0.2, 0) is 6.54 Å². The summed E-state index contributed by atoms with van der Waals surface area (Å²) in [6.45, 7) is 2.30. The van der Waals surface area contributed by atoms with E-state index in [1.807, 2.05) is 6.92 Å². The second-order valence-electron chi connectivity index (χ2n) is 5.24. The molecule has 1 aromatic heterocycles. The van der Waals surface area contributed by atoms with Gasteiger partial charge in [0.2, 0.25) is 5.43 Å². The van der Waals surface area contributed by atoms with Crippen LogP contribution < -0.4 is 10.7 Å². The highest BCUT2D eigenvalue weighted by molar-refractivity contribution is 6.31. The quantitative estimate of drug-likeness (QED) is 0.744. The van der Waals surface area contributed by atoms with Crippen LogP contribution in [0, 0.1) is 5.82 Å². The topological polar surface area (TPSA) is 64.0 Å². The number of fused-ring (bicyclic) bond motifs is 1. The molecule has 8 heteroatoms. The number of carbonyl (C=O) groups is 1. The first kappa shape index (κ1) is 17.4. The van der Waals surface area contributed by atoms with E-state index >= 15 is 0 Å². The predicted octanol–water partition coefficient (Wildman–Crippen LogP) is 4.11. The first-order valence-electron chi connectivity index (χ1n) is 7.37. The summed E-state index contributed by atoms with van der Waals surface area (Å²) in [5.74, 6) is -1.32. The molecular formula is C17H12Cl2FN3O2. The molecule has 0 saturated carbocycles. The Bertz CT molecular complexity index is 1050. The fraction of sp³-hybridized carbons (Fsp3) is 0.118. The molecule has 0 unspecified atom stereocenters. The normalized spacial score (nSPS) is 10.9. The molecule has 1 N–H and O–H groups in total. The van der Waals surface area contributed by atoms with Gasteiger partial charge in [0.1, 0.15) is 5.82 Å². The van der Waals surface area contributed by atoms with E-state index in [0.717, 1.165) is 6.07 Å². The summed E-state index contributed by atoms with van der Waals surface area (Å²) in [7, 11) is 0. The molecule has 0 aliphatic rings. The number of nitrogens with zero attached hydrogens (tertiary/aromatic N) is 2. The smallest absolute Gasteiger partial charge is 0.280 e. The molecule has 5 nitrogen and oxygen atoms in total. The maximum absolute atomic E-state index is 13.2. The zero-order valence-corrected chi connectivity index (χ0v) is 14.5. The number of aryl methyl sites for hydroxylation is 1. The Balaban J connectivity index is 2.08. The number of hydrogen-bond donors (Lipinski definition) is 1. The van der Waals surface area contributed by atoms with Crippen LogP contribution >= 0.6 is 23.2 Å². The first-order chi connectivity index (χ1) is 11.9. The highest BCUT2D eigenvalue weighted by Crippen LogP contribution is 2.20. The molecule has 1 amide bonds. The fourth-order valence-electron chi connectivity index (χ4n) is 2.42. The lowest BCUT2D eigenvalue weighted by Crippen LogP contribution is -2.27. The van der Waals surface area contributed by atoms with Crippen molar-refractivity contribution in [2.24, 2.45) is 0 Å². The maximum atomic E-state index is 13.2. The van der Waals surface area contributed by atoms with Crippen LogP contribution in [0.1, 0.15) is 17.4 Å². The van der Waals surface area contributed by atoms with E-state index in [0.29, 0.717) is 22.5 Å². The van der Waals surface area contributed by atoms with Crippen molar-refractivity contribution < 1.29 is 9.18 Å². The zero-order valence-electron chi connectivity index (χ0n) is 13.0. The summed E-state index contributed by atoms with van der Waals surface area (Å²) >= 11 is 11.7. The van der Waals surface area contributed by atoms with Crippen LogP contribution in [0.2, 0.25) is 10.0 Å². The summed E-state index contributed by atoms with van der Waals surface area (Å²) in [5, 5.41) is 7.17. The number of halogens is 3. The SMILES string of the molecule is CCn1nc(C(=O)Nc2ccc(F)c(Cl)c2)c(=O)c2cc(Cl)ccc21. The Morgan fingerprint density at radius 1 is 1.24 bits per heavy atom. The number of carbonyl (C=O) groups excluding carboxylic acids is 1. The van der Waals surface area contributed by atoms with Gasteiger partial charge < -0.3 is 5.32 Å². The molecule has 0 aliphatic carbocycles. The Hall–Kier alpha value is -2.44. The molecule has 3 rings (SSSR count). The van der Waals surface area contributed by atoms with Gasteiger partial charge in [-0.3, -0.25) is 14.3 Å². The molecule has 0 fully saturated rings. The molecular weight excluding hydrogens is 368 g/mol. The number of amides is 1. The zero-order chi connectivity index (χ0) is 18.1. The number of rotatable bonds is 3. The lowest BCUT2D eigenvalue weighted by molar-refractivity contribution is 0.101. The van der Waals surface area contributed by atoms with Crippen LogP contribution in [0.4, 0.5) is 10.1 Å². The summed E-state index contributed by atoms with van der Waals surface area (Å²) < 4.78 is 14.8. The minimum Gasteiger partial charge on any atom is -0.320 e. The summed E-state index contributed by atoms with van der Waals surface area (Å²) in [4.78, 5) is 25.1. The van der Waals surface area contributed by atoms with Crippen molar-refractivity contribution in [3.63, 3.8) is 0 Å². The van der Waals surface area contributed by atoms with Gasteiger partial charge >= 0.3 is 0 Å². The molecule has 0 atom stereocenters. The summed E-state index contributed by atoms with van der Waals surface area (Å²) in [5.41, 5.74) is 0.0232. The monoisotopic (exact) mass is 379 g/mol. The molecule has 2 aromatic carbocycles. The first-order valence-corrected chi connectivity index (χ1v) is 8.13. The number of anilines is 1. The maximum Gasteiger partial charge on any atom is 0.280 e. The van der Waals surface area contributed by atoms with Crippen molar-refractivity contribution in [3.05, 3.63) is 68.2 Å². The van der Waals surface area contributed by atoms with E-state index in [4.69, 9.17) is 23.2 Å². The van der Waals surface area contributed by atoms with Crippen molar-refractivity contribution in [1.29, 1.82) is 0 Å². The highest BCUT2D eigenvalue weighted by atomic mass is 35.5. The van der Waals surface area contributed by atoms with Crippen molar-refractivity contribution in [1.82, 2.24) is 9.78 Å². The van der Waals surface area contributed by atoms with Crippen molar-refractivity contribution in [2.75, 3.05) is 5.32 Å². The molecule has 128 valence electrons. The van der Waals surface area contributed by atoms with Crippen LogP contribution in [-0.4, -0.2) is 15.7 Å². The van der Waals surface area contributed by atoms with Crippen molar-refractivity contribution in [2.45, 2.75) is 13.5 Å². The highest BCUT2D eigenvalue weighted by Gasteiger charge is 2.18. The van der Waals surface area contributed by atoms with Crippen LogP contribution in [0.5, 0.6) is 0 Å². The van der Waals surface area contributed by atoms with E-state index in [-0.39, 0.29) is 16.4 Å². The second kappa shape index (κ2) is 6.82.